The molecule has 0 atom stereocenters. The smallest absolute Gasteiger partial charge is 0.315 e. The summed E-state index contributed by atoms with van der Waals surface area (Å²) >= 11 is 0. The number of urea groups is 1. The minimum Gasteiger partial charge on any atom is -0.336 e. The van der Waals surface area contributed by atoms with Crippen LogP contribution in [0.5, 0.6) is 0 Å². The molecule has 126 valence electrons. The molecule has 2 rings (SSSR count). The Balaban J connectivity index is 1.71. The molecule has 23 heavy (non-hydrogen) atoms. The maximum absolute atomic E-state index is 11.9. The predicted molar refractivity (Wildman–Crippen MR) is 88.7 cm³/mol. The zero-order valence-electron chi connectivity index (χ0n) is 13.8. The van der Waals surface area contributed by atoms with E-state index in [-0.39, 0.29) is 11.9 Å². The van der Waals surface area contributed by atoms with Gasteiger partial charge in [0.1, 0.15) is 0 Å². The number of aromatic nitrogens is 1. The predicted octanol–water partition coefficient (Wildman–Crippen LogP) is 2.06. The molecule has 0 unspecified atom stereocenters. The van der Waals surface area contributed by atoms with E-state index in [0.29, 0.717) is 25.7 Å². The lowest BCUT2D eigenvalue weighted by Gasteiger charge is -2.24. The van der Waals surface area contributed by atoms with Crippen LogP contribution in [0, 0.1) is 0 Å². The van der Waals surface area contributed by atoms with Crippen molar-refractivity contribution in [3.63, 3.8) is 0 Å². The lowest BCUT2D eigenvalue weighted by Crippen LogP contribution is -2.45. The van der Waals surface area contributed by atoms with Crippen molar-refractivity contribution in [3.05, 3.63) is 30.1 Å². The number of hydrogen-bond acceptors (Lipinski definition) is 3. The average Bonchev–Trinajstić information content (AvgIpc) is 2.55. The lowest BCUT2D eigenvalue weighted by molar-refractivity contribution is -0.129. The largest absolute Gasteiger partial charge is 0.336 e. The minimum atomic E-state index is -0.141. The quantitative estimate of drug-likeness (QED) is 0.843. The molecule has 0 radical (unpaired) electrons. The van der Waals surface area contributed by atoms with Gasteiger partial charge in [0.05, 0.1) is 12.2 Å². The first-order valence-electron chi connectivity index (χ1n) is 8.35. The van der Waals surface area contributed by atoms with Gasteiger partial charge in [0.15, 0.2) is 0 Å². The van der Waals surface area contributed by atoms with Crippen molar-refractivity contribution in [1.82, 2.24) is 20.5 Å². The SMILES string of the molecule is CC(=O)N(CCNC(=O)NC1CCCCC1)Cc1ccccn1. The van der Waals surface area contributed by atoms with Crippen LogP contribution in [0.15, 0.2) is 24.4 Å². The number of carbonyl (C=O) groups excluding carboxylic acids is 2. The van der Waals surface area contributed by atoms with Gasteiger partial charge in [0.2, 0.25) is 5.91 Å². The summed E-state index contributed by atoms with van der Waals surface area (Å²) in [5.74, 6) is -0.0230. The Labute approximate surface area is 137 Å². The Morgan fingerprint density at radius 2 is 2.04 bits per heavy atom. The molecule has 1 fully saturated rings. The molecule has 6 heteroatoms. The van der Waals surface area contributed by atoms with E-state index < -0.39 is 0 Å². The van der Waals surface area contributed by atoms with Crippen molar-refractivity contribution in [2.24, 2.45) is 0 Å². The highest BCUT2D eigenvalue weighted by atomic mass is 16.2. The number of nitrogens with one attached hydrogen (secondary N) is 2. The number of hydrogen-bond donors (Lipinski definition) is 2. The van der Waals surface area contributed by atoms with Gasteiger partial charge in [-0.2, -0.15) is 0 Å². The van der Waals surface area contributed by atoms with Crippen LogP contribution in [-0.2, 0) is 11.3 Å². The maximum Gasteiger partial charge on any atom is 0.315 e. The molecule has 3 amide bonds. The summed E-state index contributed by atoms with van der Waals surface area (Å²) in [6.45, 7) is 2.90. The van der Waals surface area contributed by atoms with Gasteiger partial charge >= 0.3 is 6.03 Å². The fourth-order valence-corrected chi connectivity index (χ4v) is 2.82. The highest BCUT2D eigenvalue weighted by Crippen LogP contribution is 2.17. The van der Waals surface area contributed by atoms with Crippen molar-refractivity contribution in [2.45, 2.75) is 51.6 Å². The van der Waals surface area contributed by atoms with Gasteiger partial charge in [-0.25, -0.2) is 4.79 Å². The van der Waals surface area contributed by atoms with Gasteiger partial charge < -0.3 is 15.5 Å². The first kappa shape index (κ1) is 17.2. The van der Waals surface area contributed by atoms with Crippen LogP contribution in [-0.4, -0.2) is 41.0 Å². The standard InChI is InChI=1S/C17H26N4O2/c1-14(22)21(13-16-9-5-6-10-18-16)12-11-19-17(23)20-15-7-3-2-4-8-15/h5-6,9-10,15H,2-4,7-8,11-13H2,1H3,(H2,19,20,23). The van der Waals surface area contributed by atoms with Gasteiger partial charge in [0, 0.05) is 32.3 Å². The summed E-state index contributed by atoms with van der Waals surface area (Å²) in [7, 11) is 0. The van der Waals surface area contributed by atoms with Crippen molar-refractivity contribution in [2.75, 3.05) is 13.1 Å². The van der Waals surface area contributed by atoms with E-state index in [1.54, 1.807) is 11.1 Å². The molecule has 0 aromatic carbocycles. The maximum atomic E-state index is 11.9. The fourth-order valence-electron chi connectivity index (χ4n) is 2.82. The summed E-state index contributed by atoms with van der Waals surface area (Å²) in [5.41, 5.74) is 0.842. The van der Waals surface area contributed by atoms with Crippen LogP contribution in [0.25, 0.3) is 0 Å². The van der Waals surface area contributed by atoms with Crippen molar-refractivity contribution in [3.8, 4) is 0 Å². The zero-order chi connectivity index (χ0) is 16.5. The van der Waals surface area contributed by atoms with Crippen molar-refractivity contribution < 1.29 is 9.59 Å². The second-order valence-corrected chi connectivity index (χ2v) is 6.00. The Hall–Kier alpha value is -2.11. The molecule has 0 bridgehead atoms. The molecule has 1 aromatic rings. The number of rotatable bonds is 6. The van der Waals surface area contributed by atoms with Crippen molar-refractivity contribution >= 4 is 11.9 Å². The zero-order valence-corrected chi connectivity index (χ0v) is 13.8. The molecular weight excluding hydrogens is 292 g/mol. The monoisotopic (exact) mass is 318 g/mol. The highest BCUT2D eigenvalue weighted by Gasteiger charge is 2.16. The second-order valence-electron chi connectivity index (χ2n) is 6.00. The van der Waals surface area contributed by atoms with Crippen LogP contribution < -0.4 is 10.6 Å². The third-order valence-corrected chi connectivity index (χ3v) is 4.13. The summed E-state index contributed by atoms with van der Waals surface area (Å²) in [5, 5.41) is 5.84. The molecule has 0 aliphatic heterocycles. The Morgan fingerprint density at radius 1 is 1.26 bits per heavy atom. The number of nitrogens with zero attached hydrogens (tertiary/aromatic N) is 2. The summed E-state index contributed by atoms with van der Waals surface area (Å²) < 4.78 is 0. The highest BCUT2D eigenvalue weighted by molar-refractivity contribution is 5.75. The van der Waals surface area contributed by atoms with E-state index in [0.717, 1.165) is 18.5 Å². The van der Waals surface area contributed by atoms with E-state index >= 15 is 0 Å². The molecule has 0 saturated heterocycles. The van der Waals surface area contributed by atoms with Gasteiger partial charge in [-0.1, -0.05) is 25.3 Å². The van der Waals surface area contributed by atoms with Crippen molar-refractivity contribution in [1.29, 1.82) is 0 Å². The van der Waals surface area contributed by atoms with Crippen LogP contribution >= 0.6 is 0 Å². The topological polar surface area (TPSA) is 74.3 Å². The summed E-state index contributed by atoms with van der Waals surface area (Å²) in [6.07, 6.45) is 7.48. The van der Waals surface area contributed by atoms with Gasteiger partial charge in [-0.3, -0.25) is 9.78 Å². The Morgan fingerprint density at radius 3 is 2.70 bits per heavy atom. The van der Waals surface area contributed by atoms with Crippen LogP contribution in [0.1, 0.15) is 44.7 Å². The first-order chi connectivity index (χ1) is 11.1. The minimum absolute atomic E-state index is 0.0230. The van der Waals surface area contributed by atoms with E-state index in [4.69, 9.17) is 0 Å². The third-order valence-electron chi connectivity index (χ3n) is 4.13. The molecule has 1 heterocycles. The van der Waals surface area contributed by atoms with Crippen LogP contribution in [0.3, 0.4) is 0 Å². The average molecular weight is 318 g/mol. The Kier molecular flexibility index (Phi) is 6.84. The summed E-state index contributed by atoms with van der Waals surface area (Å²) in [6, 6.07) is 5.79. The Bertz CT molecular complexity index is 501. The van der Waals surface area contributed by atoms with Gasteiger partial charge in [-0.15, -0.1) is 0 Å². The van der Waals surface area contributed by atoms with Crippen LogP contribution in [0.4, 0.5) is 4.79 Å². The molecule has 1 aliphatic rings. The third kappa shape index (κ3) is 6.26. The van der Waals surface area contributed by atoms with E-state index in [1.807, 2.05) is 18.2 Å². The first-order valence-corrected chi connectivity index (χ1v) is 8.35. The van der Waals surface area contributed by atoms with Crippen LogP contribution in [0.2, 0.25) is 0 Å². The van der Waals surface area contributed by atoms with E-state index in [1.165, 1.54) is 26.2 Å². The molecule has 1 aliphatic carbocycles. The molecule has 1 saturated carbocycles. The molecule has 1 aromatic heterocycles. The number of amides is 3. The summed E-state index contributed by atoms with van der Waals surface area (Å²) in [4.78, 5) is 29.5. The normalized spacial score (nSPS) is 15.0. The number of carbonyl (C=O) groups is 2. The van der Waals surface area contributed by atoms with E-state index in [9.17, 15) is 9.59 Å². The fraction of sp³-hybridized carbons (Fsp3) is 0.588. The second kappa shape index (κ2) is 9.12. The van der Waals surface area contributed by atoms with Gasteiger partial charge in [-0.05, 0) is 25.0 Å². The van der Waals surface area contributed by atoms with Gasteiger partial charge in [0.25, 0.3) is 0 Å². The molecular formula is C17H26N4O2. The number of pyridine rings is 1. The molecule has 6 nitrogen and oxygen atoms in total. The molecule has 0 spiro atoms. The molecule has 2 N–H and O–H groups in total. The van der Waals surface area contributed by atoms with E-state index in [2.05, 4.69) is 15.6 Å². The lowest BCUT2D eigenvalue weighted by atomic mass is 9.96.